The first-order chi connectivity index (χ1) is 12.1. The van der Waals surface area contributed by atoms with Crippen molar-refractivity contribution in [2.75, 3.05) is 19.5 Å². The molecule has 1 heterocycles. The third kappa shape index (κ3) is 3.42. The predicted octanol–water partition coefficient (Wildman–Crippen LogP) is 3.15. The fourth-order valence-electron chi connectivity index (χ4n) is 2.22. The van der Waals surface area contributed by atoms with Crippen molar-refractivity contribution in [2.24, 2.45) is 0 Å². The maximum atomic E-state index is 13.0. The summed E-state index contributed by atoms with van der Waals surface area (Å²) < 4.78 is 28.7. The van der Waals surface area contributed by atoms with Crippen molar-refractivity contribution < 1.29 is 23.1 Å². The number of ether oxygens (including phenoxy) is 2. The minimum atomic E-state index is -0.524. The second-order valence-corrected chi connectivity index (χ2v) is 4.91. The number of nitrogens with one attached hydrogen (secondary N) is 1. The highest BCUT2D eigenvalue weighted by atomic mass is 19.1. The lowest BCUT2D eigenvalue weighted by Gasteiger charge is -2.11. The first kappa shape index (κ1) is 16.4. The minimum absolute atomic E-state index is 0.0997. The number of amides is 1. The monoisotopic (exact) mass is 343 g/mol. The van der Waals surface area contributed by atoms with Crippen molar-refractivity contribution in [1.82, 2.24) is 10.2 Å². The quantitative estimate of drug-likeness (QED) is 0.766. The average Bonchev–Trinajstić information content (AvgIpc) is 3.09. The Balaban J connectivity index is 1.84. The topological polar surface area (TPSA) is 86.5 Å². The Labute approximate surface area is 142 Å². The summed E-state index contributed by atoms with van der Waals surface area (Å²) in [5, 5.41) is 10.1. The van der Waals surface area contributed by atoms with Gasteiger partial charge >= 0.3 is 6.01 Å². The zero-order chi connectivity index (χ0) is 17.8. The van der Waals surface area contributed by atoms with Gasteiger partial charge in [-0.15, -0.1) is 5.10 Å². The van der Waals surface area contributed by atoms with Gasteiger partial charge in [0, 0.05) is 5.56 Å². The Morgan fingerprint density at radius 1 is 1.04 bits per heavy atom. The van der Waals surface area contributed by atoms with Gasteiger partial charge in [0.05, 0.1) is 14.2 Å². The van der Waals surface area contributed by atoms with E-state index >= 15 is 0 Å². The molecule has 0 saturated heterocycles. The predicted molar refractivity (Wildman–Crippen MR) is 87.2 cm³/mol. The number of carbonyl (C=O) groups excluding carboxylic acids is 1. The molecule has 0 aliphatic rings. The summed E-state index contributed by atoms with van der Waals surface area (Å²) in [7, 11) is 2.90. The van der Waals surface area contributed by atoms with Crippen LogP contribution in [-0.4, -0.2) is 30.3 Å². The van der Waals surface area contributed by atoms with Gasteiger partial charge in [0.15, 0.2) is 0 Å². The van der Waals surface area contributed by atoms with E-state index in [0.717, 1.165) is 0 Å². The summed E-state index contributed by atoms with van der Waals surface area (Å²) >= 11 is 0. The molecule has 0 fully saturated rings. The molecular weight excluding hydrogens is 329 g/mol. The van der Waals surface area contributed by atoms with E-state index in [0.29, 0.717) is 17.1 Å². The van der Waals surface area contributed by atoms with E-state index in [1.165, 1.54) is 38.5 Å². The molecule has 3 rings (SSSR count). The maximum absolute atomic E-state index is 13.0. The number of halogens is 1. The lowest BCUT2D eigenvalue weighted by atomic mass is 10.1. The van der Waals surface area contributed by atoms with Crippen LogP contribution in [0.2, 0.25) is 0 Å². The number of carbonyl (C=O) groups is 1. The van der Waals surface area contributed by atoms with E-state index < -0.39 is 5.91 Å². The zero-order valence-corrected chi connectivity index (χ0v) is 13.4. The number of aromatic nitrogens is 2. The molecule has 0 saturated carbocycles. The van der Waals surface area contributed by atoms with Crippen LogP contribution < -0.4 is 14.8 Å². The molecule has 7 nitrogen and oxygen atoms in total. The zero-order valence-electron chi connectivity index (χ0n) is 13.4. The number of benzene rings is 2. The molecule has 1 N–H and O–H groups in total. The largest absolute Gasteiger partial charge is 0.496 e. The number of anilines is 1. The highest BCUT2D eigenvalue weighted by Gasteiger charge is 2.20. The van der Waals surface area contributed by atoms with Gasteiger partial charge in [-0.1, -0.05) is 11.2 Å². The first-order valence-corrected chi connectivity index (χ1v) is 7.24. The van der Waals surface area contributed by atoms with E-state index in [-0.39, 0.29) is 23.3 Å². The van der Waals surface area contributed by atoms with E-state index in [1.807, 2.05) is 0 Å². The number of rotatable bonds is 5. The number of methoxy groups -OCH3 is 2. The Morgan fingerprint density at radius 2 is 1.68 bits per heavy atom. The summed E-state index contributed by atoms with van der Waals surface area (Å²) in [6, 6.07) is 10.4. The molecule has 0 unspecified atom stereocenters. The van der Waals surface area contributed by atoms with Gasteiger partial charge in [-0.3, -0.25) is 10.1 Å². The lowest BCUT2D eigenvalue weighted by Crippen LogP contribution is -2.14. The van der Waals surface area contributed by atoms with Crippen LogP contribution in [0.1, 0.15) is 10.4 Å². The minimum Gasteiger partial charge on any atom is -0.496 e. The normalized spacial score (nSPS) is 10.4. The second kappa shape index (κ2) is 7.00. The molecule has 25 heavy (non-hydrogen) atoms. The molecule has 3 aromatic rings. The molecule has 0 aliphatic carbocycles. The van der Waals surface area contributed by atoms with Crippen LogP contribution in [0.25, 0.3) is 11.5 Å². The fourth-order valence-corrected chi connectivity index (χ4v) is 2.22. The van der Waals surface area contributed by atoms with Crippen LogP contribution >= 0.6 is 0 Å². The van der Waals surface area contributed by atoms with E-state index in [1.54, 1.807) is 18.2 Å². The molecule has 8 heteroatoms. The number of nitrogens with zero attached hydrogens (tertiary/aromatic N) is 2. The van der Waals surface area contributed by atoms with Crippen molar-refractivity contribution in [2.45, 2.75) is 0 Å². The van der Waals surface area contributed by atoms with Gasteiger partial charge in [0.2, 0.25) is 5.89 Å². The van der Waals surface area contributed by atoms with Crippen LogP contribution in [-0.2, 0) is 0 Å². The molecule has 2 aromatic carbocycles. The standard InChI is InChI=1S/C17H14FN3O4/c1-23-12-4-3-5-13(24-2)14(12)15(22)19-17-21-20-16(25-17)10-6-8-11(18)9-7-10/h3-9H,1-2H3,(H,19,21,22). The third-order valence-corrected chi connectivity index (χ3v) is 3.39. The Bertz CT molecular complexity index is 871. The smallest absolute Gasteiger partial charge is 0.322 e. The molecule has 1 amide bonds. The summed E-state index contributed by atoms with van der Waals surface area (Å²) in [4.78, 5) is 12.5. The van der Waals surface area contributed by atoms with E-state index in [4.69, 9.17) is 13.9 Å². The van der Waals surface area contributed by atoms with Gasteiger partial charge in [0.1, 0.15) is 22.9 Å². The van der Waals surface area contributed by atoms with E-state index in [9.17, 15) is 9.18 Å². The van der Waals surface area contributed by atoms with E-state index in [2.05, 4.69) is 15.5 Å². The summed E-state index contributed by atoms with van der Waals surface area (Å²) in [5.74, 6) is -0.0591. The third-order valence-electron chi connectivity index (χ3n) is 3.39. The summed E-state index contributed by atoms with van der Waals surface area (Å²) in [6.07, 6.45) is 0. The van der Waals surface area contributed by atoms with Crippen molar-refractivity contribution in [3.63, 3.8) is 0 Å². The first-order valence-electron chi connectivity index (χ1n) is 7.24. The van der Waals surface area contributed by atoms with Crippen LogP contribution in [0, 0.1) is 5.82 Å². The van der Waals surface area contributed by atoms with Crippen LogP contribution in [0.3, 0.4) is 0 Å². The Hall–Kier alpha value is -3.42. The SMILES string of the molecule is COc1cccc(OC)c1C(=O)Nc1nnc(-c2ccc(F)cc2)o1. The van der Waals surface area contributed by atoms with Gasteiger partial charge in [-0.25, -0.2) is 4.39 Å². The van der Waals surface area contributed by atoms with Gasteiger partial charge in [-0.2, -0.15) is 0 Å². The number of hydrogen-bond acceptors (Lipinski definition) is 6. The Morgan fingerprint density at radius 3 is 2.28 bits per heavy atom. The maximum Gasteiger partial charge on any atom is 0.322 e. The molecule has 0 radical (unpaired) electrons. The molecule has 0 spiro atoms. The lowest BCUT2D eigenvalue weighted by molar-refractivity contribution is 0.101. The van der Waals surface area contributed by atoms with Gasteiger partial charge in [0.25, 0.3) is 5.91 Å². The van der Waals surface area contributed by atoms with Crippen LogP contribution in [0.4, 0.5) is 10.4 Å². The summed E-state index contributed by atoms with van der Waals surface area (Å²) in [5.41, 5.74) is 0.735. The van der Waals surface area contributed by atoms with Crippen LogP contribution in [0.15, 0.2) is 46.9 Å². The van der Waals surface area contributed by atoms with Gasteiger partial charge in [-0.05, 0) is 36.4 Å². The van der Waals surface area contributed by atoms with Crippen molar-refractivity contribution in [1.29, 1.82) is 0 Å². The highest BCUT2D eigenvalue weighted by molar-refractivity contribution is 6.07. The number of hydrogen-bond donors (Lipinski definition) is 1. The van der Waals surface area contributed by atoms with Crippen molar-refractivity contribution in [3.05, 3.63) is 53.8 Å². The molecule has 128 valence electrons. The molecule has 0 atom stereocenters. The average molecular weight is 343 g/mol. The molecule has 0 aliphatic heterocycles. The highest BCUT2D eigenvalue weighted by Crippen LogP contribution is 2.29. The molecule has 0 bridgehead atoms. The van der Waals surface area contributed by atoms with Crippen molar-refractivity contribution >= 4 is 11.9 Å². The molecule has 1 aromatic heterocycles. The fraction of sp³-hybridized carbons (Fsp3) is 0.118. The summed E-state index contributed by atoms with van der Waals surface area (Å²) in [6.45, 7) is 0. The van der Waals surface area contributed by atoms with Crippen LogP contribution in [0.5, 0.6) is 11.5 Å². The van der Waals surface area contributed by atoms with Gasteiger partial charge < -0.3 is 13.9 Å². The van der Waals surface area contributed by atoms with Crippen molar-refractivity contribution in [3.8, 4) is 23.0 Å². The second-order valence-electron chi connectivity index (χ2n) is 4.91. The Kier molecular flexibility index (Phi) is 4.60. The molecular formula is C17H14FN3O4.